The average molecular weight is 328 g/mol. The lowest BCUT2D eigenvalue weighted by Crippen LogP contribution is -2.14. The standard InChI is InChI=1S/C17H28O4S/c1-3-4-5-6-7-8-16(18)13-14-21-22(19,20)17-11-9-15(2)10-12-17/h9-12,16,18H,3-8,13-14H2,1-2H3/t16-/m1/s1. The first kappa shape index (κ1) is 19.1. The van der Waals surface area contributed by atoms with Crippen LogP contribution in [0.25, 0.3) is 0 Å². The van der Waals surface area contributed by atoms with Crippen LogP contribution >= 0.6 is 0 Å². The predicted octanol–water partition coefficient (Wildman–Crippen LogP) is 3.81. The summed E-state index contributed by atoms with van der Waals surface area (Å²) >= 11 is 0. The van der Waals surface area contributed by atoms with Crippen molar-refractivity contribution in [2.24, 2.45) is 0 Å². The number of aliphatic hydroxyl groups excluding tert-OH is 1. The molecule has 0 radical (unpaired) electrons. The molecule has 1 atom stereocenters. The smallest absolute Gasteiger partial charge is 0.296 e. The molecule has 0 spiro atoms. The van der Waals surface area contributed by atoms with Crippen molar-refractivity contribution in [3.63, 3.8) is 0 Å². The first-order valence-electron chi connectivity index (χ1n) is 8.10. The van der Waals surface area contributed by atoms with Gasteiger partial charge in [-0.1, -0.05) is 56.7 Å². The van der Waals surface area contributed by atoms with E-state index >= 15 is 0 Å². The third-order valence-electron chi connectivity index (χ3n) is 3.64. The van der Waals surface area contributed by atoms with Crippen LogP contribution < -0.4 is 0 Å². The Bertz CT molecular complexity index is 508. The van der Waals surface area contributed by atoms with Crippen LogP contribution in [0.1, 0.15) is 57.4 Å². The van der Waals surface area contributed by atoms with Gasteiger partial charge in [-0.15, -0.1) is 0 Å². The molecule has 0 aromatic heterocycles. The van der Waals surface area contributed by atoms with Crippen LogP contribution in [0.4, 0.5) is 0 Å². The number of benzene rings is 1. The Morgan fingerprint density at radius 3 is 2.32 bits per heavy atom. The van der Waals surface area contributed by atoms with Gasteiger partial charge in [-0.3, -0.25) is 4.18 Å². The van der Waals surface area contributed by atoms with E-state index in [0.717, 1.165) is 18.4 Å². The van der Waals surface area contributed by atoms with Crippen molar-refractivity contribution in [3.8, 4) is 0 Å². The van der Waals surface area contributed by atoms with Gasteiger partial charge in [-0.2, -0.15) is 8.42 Å². The number of hydrogen-bond acceptors (Lipinski definition) is 4. The Labute approximate surface area is 134 Å². The highest BCUT2D eigenvalue weighted by Crippen LogP contribution is 2.15. The van der Waals surface area contributed by atoms with E-state index in [0.29, 0.717) is 12.8 Å². The largest absolute Gasteiger partial charge is 0.393 e. The maximum atomic E-state index is 12.0. The summed E-state index contributed by atoms with van der Waals surface area (Å²) in [5.41, 5.74) is 0.998. The molecule has 1 aromatic carbocycles. The van der Waals surface area contributed by atoms with E-state index < -0.39 is 16.2 Å². The van der Waals surface area contributed by atoms with Gasteiger partial charge in [0.15, 0.2) is 0 Å². The third-order valence-corrected chi connectivity index (χ3v) is 4.97. The highest BCUT2D eigenvalue weighted by molar-refractivity contribution is 7.86. The summed E-state index contributed by atoms with van der Waals surface area (Å²) < 4.78 is 28.9. The van der Waals surface area contributed by atoms with E-state index in [4.69, 9.17) is 4.18 Å². The van der Waals surface area contributed by atoms with Crippen LogP contribution in [-0.4, -0.2) is 26.2 Å². The molecule has 0 unspecified atom stereocenters. The van der Waals surface area contributed by atoms with Crippen LogP contribution in [-0.2, 0) is 14.3 Å². The van der Waals surface area contributed by atoms with Crippen LogP contribution in [0.2, 0.25) is 0 Å². The molecule has 0 amide bonds. The predicted molar refractivity (Wildman–Crippen MR) is 88.3 cm³/mol. The molecule has 0 fully saturated rings. The first-order chi connectivity index (χ1) is 10.5. The molecular weight excluding hydrogens is 300 g/mol. The van der Waals surface area contributed by atoms with E-state index in [1.165, 1.54) is 31.4 Å². The Kier molecular flexibility index (Phi) is 8.68. The normalized spacial score (nSPS) is 13.2. The van der Waals surface area contributed by atoms with Gasteiger partial charge in [0.25, 0.3) is 10.1 Å². The van der Waals surface area contributed by atoms with Crippen molar-refractivity contribution in [2.75, 3.05) is 6.61 Å². The van der Waals surface area contributed by atoms with Crippen molar-refractivity contribution in [2.45, 2.75) is 69.8 Å². The molecule has 5 heteroatoms. The van der Waals surface area contributed by atoms with Crippen molar-refractivity contribution in [1.82, 2.24) is 0 Å². The van der Waals surface area contributed by atoms with Crippen molar-refractivity contribution in [3.05, 3.63) is 29.8 Å². The summed E-state index contributed by atoms with van der Waals surface area (Å²) in [6, 6.07) is 6.55. The molecule has 0 bridgehead atoms. The van der Waals surface area contributed by atoms with E-state index in [1.807, 2.05) is 6.92 Å². The molecule has 0 heterocycles. The molecule has 0 aliphatic rings. The highest BCUT2D eigenvalue weighted by Gasteiger charge is 2.15. The number of hydrogen-bond donors (Lipinski definition) is 1. The molecule has 126 valence electrons. The fourth-order valence-electron chi connectivity index (χ4n) is 2.19. The molecule has 0 saturated carbocycles. The molecule has 0 aliphatic heterocycles. The van der Waals surface area contributed by atoms with E-state index in [9.17, 15) is 13.5 Å². The lowest BCUT2D eigenvalue weighted by molar-refractivity contribution is 0.129. The van der Waals surface area contributed by atoms with Gasteiger partial charge in [-0.05, 0) is 31.9 Å². The summed E-state index contributed by atoms with van der Waals surface area (Å²) in [7, 11) is -3.72. The molecular formula is C17H28O4S. The molecule has 1 N–H and O–H groups in total. The quantitative estimate of drug-likeness (QED) is 0.495. The Morgan fingerprint density at radius 1 is 1.05 bits per heavy atom. The fraction of sp³-hybridized carbons (Fsp3) is 0.647. The van der Waals surface area contributed by atoms with E-state index in [2.05, 4.69) is 6.92 Å². The minimum atomic E-state index is -3.72. The molecule has 0 aliphatic carbocycles. The number of rotatable bonds is 11. The minimum Gasteiger partial charge on any atom is -0.393 e. The van der Waals surface area contributed by atoms with Gasteiger partial charge >= 0.3 is 0 Å². The number of unbranched alkanes of at least 4 members (excludes halogenated alkanes) is 4. The Hall–Kier alpha value is -0.910. The number of aryl methyl sites for hydroxylation is 1. The topological polar surface area (TPSA) is 63.6 Å². The zero-order chi connectivity index (χ0) is 16.4. The summed E-state index contributed by atoms with van der Waals surface area (Å²) in [5.74, 6) is 0. The molecule has 22 heavy (non-hydrogen) atoms. The maximum Gasteiger partial charge on any atom is 0.296 e. The van der Waals surface area contributed by atoms with Crippen LogP contribution in [0.3, 0.4) is 0 Å². The van der Waals surface area contributed by atoms with Gasteiger partial charge < -0.3 is 5.11 Å². The lowest BCUT2D eigenvalue weighted by Gasteiger charge is -2.11. The molecule has 1 rings (SSSR count). The monoisotopic (exact) mass is 328 g/mol. The highest BCUT2D eigenvalue weighted by atomic mass is 32.2. The minimum absolute atomic E-state index is 0.0202. The molecule has 4 nitrogen and oxygen atoms in total. The first-order valence-corrected chi connectivity index (χ1v) is 9.50. The number of aliphatic hydroxyl groups is 1. The Morgan fingerprint density at radius 2 is 1.68 bits per heavy atom. The maximum absolute atomic E-state index is 12.0. The summed E-state index contributed by atoms with van der Waals surface area (Å²) in [6.45, 7) is 4.08. The van der Waals surface area contributed by atoms with Gasteiger partial charge in [-0.25, -0.2) is 0 Å². The fourth-order valence-corrected chi connectivity index (χ4v) is 3.12. The van der Waals surface area contributed by atoms with E-state index in [1.54, 1.807) is 12.1 Å². The second kappa shape index (κ2) is 9.98. The van der Waals surface area contributed by atoms with Gasteiger partial charge in [0, 0.05) is 0 Å². The third kappa shape index (κ3) is 7.38. The van der Waals surface area contributed by atoms with Gasteiger partial charge in [0.2, 0.25) is 0 Å². The van der Waals surface area contributed by atoms with Crippen LogP contribution in [0.5, 0.6) is 0 Å². The Balaban J connectivity index is 2.26. The second-order valence-electron chi connectivity index (χ2n) is 5.73. The summed E-state index contributed by atoms with van der Waals surface area (Å²) in [5, 5.41) is 9.83. The van der Waals surface area contributed by atoms with Crippen molar-refractivity contribution >= 4 is 10.1 Å². The van der Waals surface area contributed by atoms with Crippen LogP contribution in [0, 0.1) is 6.92 Å². The van der Waals surface area contributed by atoms with Gasteiger partial charge in [0.05, 0.1) is 17.6 Å². The lowest BCUT2D eigenvalue weighted by atomic mass is 10.1. The summed E-state index contributed by atoms with van der Waals surface area (Å²) in [4.78, 5) is 0.159. The summed E-state index contributed by atoms with van der Waals surface area (Å²) in [6.07, 6.45) is 6.29. The second-order valence-corrected chi connectivity index (χ2v) is 7.35. The van der Waals surface area contributed by atoms with Crippen LogP contribution in [0.15, 0.2) is 29.2 Å². The van der Waals surface area contributed by atoms with Crippen molar-refractivity contribution in [1.29, 1.82) is 0 Å². The zero-order valence-electron chi connectivity index (χ0n) is 13.6. The van der Waals surface area contributed by atoms with Crippen molar-refractivity contribution < 1.29 is 17.7 Å². The zero-order valence-corrected chi connectivity index (χ0v) is 14.4. The molecule has 0 saturated heterocycles. The SMILES string of the molecule is CCCCCCC[C@@H](O)CCOS(=O)(=O)c1ccc(C)cc1. The average Bonchev–Trinajstić information content (AvgIpc) is 2.47. The van der Waals surface area contributed by atoms with Gasteiger partial charge in [0.1, 0.15) is 0 Å². The van der Waals surface area contributed by atoms with E-state index in [-0.39, 0.29) is 11.5 Å². The molecule has 1 aromatic rings.